The Morgan fingerprint density at radius 1 is 0.781 bits per heavy atom. The predicted molar refractivity (Wildman–Crippen MR) is 114 cm³/mol. The normalized spacial score (nSPS) is 12.0. The molecule has 0 N–H and O–H groups in total. The van der Waals surface area contributed by atoms with Gasteiger partial charge >= 0.3 is 23.7 Å². The van der Waals surface area contributed by atoms with Gasteiger partial charge in [-0.15, -0.1) is 0 Å². The molecule has 0 spiro atoms. The lowest BCUT2D eigenvalue weighted by molar-refractivity contribution is 0.0462. The molecule has 0 saturated heterocycles. The molecular weight excluding hydrogens is 416 g/mol. The number of esters is 2. The van der Waals surface area contributed by atoms with Gasteiger partial charge in [0.25, 0.3) is 0 Å². The third kappa shape index (κ3) is 8.39. The van der Waals surface area contributed by atoms with Gasteiger partial charge in [0.1, 0.15) is 0 Å². The molecule has 0 radical (unpaired) electrons. The monoisotopic (exact) mass is 450 g/mol. The Labute approximate surface area is 188 Å². The number of ether oxygens (including phenoxy) is 2. The minimum Gasteiger partial charge on any atom is -0.459 e. The largest absolute Gasteiger partial charge is 0.459 e. The Kier molecular flexibility index (Phi) is 11.4. The molecule has 1 atom stereocenters. The van der Waals surface area contributed by atoms with Crippen LogP contribution in [-0.2, 0) is 15.9 Å². The number of aromatic nitrogens is 4. The molecule has 2 heterocycles. The average molecular weight is 451 g/mol. The topological polar surface area (TPSA) is 130 Å². The van der Waals surface area contributed by atoms with Crippen LogP contribution in [0.1, 0.15) is 117 Å². The summed E-state index contributed by atoms with van der Waals surface area (Å²) in [6.45, 7) is 6.06. The lowest BCUT2D eigenvalue weighted by atomic mass is 9.96. The third-order valence-electron chi connectivity index (χ3n) is 5.01. The van der Waals surface area contributed by atoms with Gasteiger partial charge in [-0.1, -0.05) is 68.6 Å². The third-order valence-corrected chi connectivity index (χ3v) is 5.01. The molecule has 0 fully saturated rings. The zero-order chi connectivity index (χ0) is 23.2. The molecule has 0 saturated carbocycles. The molecule has 2 rings (SSSR count). The van der Waals surface area contributed by atoms with E-state index in [1.54, 1.807) is 13.8 Å². The predicted octanol–water partition coefficient (Wildman–Crippen LogP) is 4.66. The second-order valence-corrected chi connectivity index (χ2v) is 7.58. The lowest BCUT2D eigenvalue weighted by Gasteiger charge is -2.10. The molecule has 0 aliphatic rings. The van der Waals surface area contributed by atoms with Crippen molar-refractivity contribution >= 4 is 11.9 Å². The van der Waals surface area contributed by atoms with Crippen LogP contribution in [0.4, 0.5) is 0 Å². The first-order chi connectivity index (χ1) is 15.6. The smallest absolute Gasteiger partial charge is 0.397 e. The van der Waals surface area contributed by atoms with Crippen LogP contribution in [0.25, 0.3) is 0 Å². The van der Waals surface area contributed by atoms with Crippen molar-refractivity contribution in [2.75, 3.05) is 13.2 Å². The van der Waals surface area contributed by atoms with Crippen molar-refractivity contribution < 1.29 is 28.1 Å². The van der Waals surface area contributed by atoms with Gasteiger partial charge in [0, 0.05) is 12.3 Å². The number of hydrogen-bond acceptors (Lipinski definition) is 10. The van der Waals surface area contributed by atoms with Crippen LogP contribution in [0.15, 0.2) is 9.05 Å². The first-order valence-electron chi connectivity index (χ1n) is 11.6. The summed E-state index contributed by atoms with van der Waals surface area (Å²) in [5, 5.41) is 7.85. The van der Waals surface area contributed by atoms with Gasteiger partial charge in [0.2, 0.25) is 0 Å². The fraction of sp³-hybridized carbons (Fsp3) is 0.727. The van der Waals surface area contributed by atoms with E-state index in [1.807, 2.05) is 0 Å². The molecule has 0 bridgehead atoms. The summed E-state index contributed by atoms with van der Waals surface area (Å²) in [6, 6.07) is 0. The van der Waals surface area contributed by atoms with E-state index in [0.717, 1.165) is 19.3 Å². The lowest BCUT2D eigenvalue weighted by Crippen LogP contribution is -2.09. The van der Waals surface area contributed by atoms with Crippen molar-refractivity contribution in [1.82, 2.24) is 20.3 Å². The summed E-state index contributed by atoms with van der Waals surface area (Å²) in [5.74, 6) is -1.12. The fourth-order valence-electron chi connectivity index (χ4n) is 3.36. The Hall–Kier alpha value is -2.78. The molecule has 0 aliphatic carbocycles. The molecule has 178 valence electrons. The van der Waals surface area contributed by atoms with Crippen LogP contribution >= 0.6 is 0 Å². The van der Waals surface area contributed by atoms with Crippen molar-refractivity contribution in [3.8, 4) is 0 Å². The summed E-state index contributed by atoms with van der Waals surface area (Å²) >= 11 is 0. The number of nitrogens with zero attached hydrogens (tertiary/aromatic N) is 4. The van der Waals surface area contributed by atoms with Gasteiger partial charge in [-0.3, -0.25) is 0 Å². The van der Waals surface area contributed by atoms with Crippen molar-refractivity contribution in [2.24, 2.45) is 0 Å². The first-order valence-corrected chi connectivity index (χ1v) is 11.6. The van der Waals surface area contributed by atoms with E-state index in [2.05, 4.69) is 27.2 Å². The zero-order valence-electron chi connectivity index (χ0n) is 19.3. The summed E-state index contributed by atoms with van der Waals surface area (Å²) in [7, 11) is 0. The molecule has 0 amide bonds. The highest BCUT2D eigenvalue weighted by Crippen LogP contribution is 2.25. The number of carbonyl (C=O) groups is 2. The van der Waals surface area contributed by atoms with Crippen molar-refractivity contribution in [3.63, 3.8) is 0 Å². The van der Waals surface area contributed by atoms with E-state index < -0.39 is 11.9 Å². The number of carbonyl (C=O) groups excluding carboxylic acids is 2. The minimum absolute atomic E-state index is 0.178. The summed E-state index contributed by atoms with van der Waals surface area (Å²) in [6.07, 6.45) is 10.7. The van der Waals surface area contributed by atoms with Gasteiger partial charge in [-0.25, -0.2) is 9.59 Å². The maximum absolute atomic E-state index is 11.9. The van der Waals surface area contributed by atoms with Gasteiger partial charge in [-0.2, -0.15) is 9.97 Å². The van der Waals surface area contributed by atoms with E-state index in [9.17, 15) is 9.59 Å². The standard InChI is InChI=1S/C22H34N4O6/c1-4-7-8-9-10-11-12-13-14-16(18-24-20(32-26-18)22(28)30-6-3)15-17-23-19(31-25-17)21(27)29-5-2/h16H,4-15H2,1-3H3. The molecule has 32 heavy (non-hydrogen) atoms. The summed E-state index contributed by atoms with van der Waals surface area (Å²) in [5.41, 5.74) is 0. The molecule has 1 unspecified atom stereocenters. The first kappa shape index (κ1) is 25.5. The van der Waals surface area contributed by atoms with Crippen LogP contribution in [0, 0.1) is 0 Å². The molecule has 0 aromatic carbocycles. The SMILES string of the molecule is CCCCCCCCCCC(Cc1noc(C(=O)OCC)n1)c1noc(C(=O)OCC)n1. The van der Waals surface area contributed by atoms with Crippen LogP contribution in [0.3, 0.4) is 0 Å². The Balaban J connectivity index is 1.98. The Morgan fingerprint density at radius 2 is 1.34 bits per heavy atom. The van der Waals surface area contributed by atoms with E-state index in [0.29, 0.717) is 18.1 Å². The van der Waals surface area contributed by atoms with Crippen molar-refractivity contribution in [1.29, 1.82) is 0 Å². The molecule has 0 aliphatic heterocycles. The number of hydrogen-bond donors (Lipinski definition) is 0. The highest BCUT2D eigenvalue weighted by atomic mass is 16.6. The minimum atomic E-state index is -0.657. The second-order valence-electron chi connectivity index (χ2n) is 7.58. The Bertz CT molecular complexity index is 819. The van der Waals surface area contributed by atoms with Crippen LogP contribution < -0.4 is 0 Å². The Morgan fingerprint density at radius 3 is 1.97 bits per heavy atom. The molecule has 2 aromatic rings. The van der Waals surface area contributed by atoms with Gasteiger partial charge in [0.15, 0.2) is 11.6 Å². The van der Waals surface area contributed by atoms with Crippen LogP contribution in [-0.4, -0.2) is 45.4 Å². The van der Waals surface area contributed by atoms with E-state index >= 15 is 0 Å². The van der Waals surface area contributed by atoms with Crippen molar-refractivity contribution in [3.05, 3.63) is 23.4 Å². The summed E-state index contributed by atoms with van der Waals surface area (Å²) in [4.78, 5) is 32.0. The number of rotatable bonds is 16. The maximum atomic E-state index is 11.9. The van der Waals surface area contributed by atoms with Gasteiger partial charge in [0.05, 0.1) is 13.2 Å². The van der Waals surface area contributed by atoms with E-state index in [-0.39, 0.29) is 30.9 Å². The quantitative estimate of drug-likeness (QED) is 0.263. The van der Waals surface area contributed by atoms with Crippen LogP contribution in [0.2, 0.25) is 0 Å². The van der Waals surface area contributed by atoms with E-state index in [1.165, 1.54) is 38.5 Å². The highest BCUT2D eigenvalue weighted by Gasteiger charge is 2.25. The fourth-order valence-corrected chi connectivity index (χ4v) is 3.36. The van der Waals surface area contributed by atoms with Crippen molar-refractivity contribution in [2.45, 2.75) is 90.9 Å². The zero-order valence-corrected chi connectivity index (χ0v) is 19.3. The molecule has 10 heteroatoms. The average Bonchev–Trinajstić information content (AvgIpc) is 3.45. The maximum Gasteiger partial charge on any atom is 0.397 e. The molecular formula is C22H34N4O6. The van der Waals surface area contributed by atoms with E-state index in [4.69, 9.17) is 18.5 Å². The molecule has 10 nitrogen and oxygen atoms in total. The second kappa shape index (κ2) is 14.3. The molecule has 2 aromatic heterocycles. The highest BCUT2D eigenvalue weighted by molar-refractivity contribution is 5.84. The van der Waals surface area contributed by atoms with Gasteiger partial charge in [-0.05, 0) is 20.3 Å². The van der Waals surface area contributed by atoms with Crippen LogP contribution in [0.5, 0.6) is 0 Å². The number of unbranched alkanes of at least 4 members (excludes halogenated alkanes) is 7. The summed E-state index contributed by atoms with van der Waals surface area (Å²) < 4.78 is 19.9. The van der Waals surface area contributed by atoms with Gasteiger partial charge < -0.3 is 18.5 Å².